The van der Waals surface area contributed by atoms with E-state index in [1.807, 2.05) is 36.4 Å². The second-order valence-corrected chi connectivity index (χ2v) is 7.45. The Kier molecular flexibility index (Phi) is 5.70. The summed E-state index contributed by atoms with van der Waals surface area (Å²) in [4.78, 5) is 13.8. The van der Waals surface area contributed by atoms with Gasteiger partial charge in [-0.3, -0.25) is 0 Å². The summed E-state index contributed by atoms with van der Waals surface area (Å²) >= 11 is 0. The third kappa shape index (κ3) is 4.50. The van der Waals surface area contributed by atoms with Crippen LogP contribution in [-0.2, 0) is 14.8 Å². The smallest absolute Gasteiger partial charge is 0.331 e. The van der Waals surface area contributed by atoms with Crippen molar-refractivity contribution >= 4 is 27.0 Å². The van der Waals surface area contributed by atoms with Gasteiger partial charge in [-0.05, 0) is 17.2 Å². The SMILES string of the molecule is O=C(NS(=O)(=O)/C(=C/c1ccccc1)c1ccccc1)N1CCOCC1. The topological polar surface area (TPSA) is 75.7 Å². The van der Waals surface area contributed by atoms with Crippen molar-refractivity contribution in [3.8, 4) is 0 Å². The molecule has 0 aliphatic carbocycles. The Morgan fingerprint density at radius 2 is 1.54 bits per heavy atom. The Balaban J connectivity index is 1.92. The number of carbonyl (C=O) groups is 1. The predicted octanol–water partition coefficient (Wildman–Crippen LogP) is 2.56. The largest absolute Gasteiger partial charge is 0.378 e. The summed E-state index contributed by atoms with van der Waals surface area (Å²) in [7, 11) is -4.04. The summed E-state index contributed by atoms with van der Waals surface area (Å²) in [5, 5.41) is 0. The zero-order chi connectivity index (χ0) is 18.4. The Bertz CT molecular complexity index is 874. The Morgan fingerprint density at radius 1 is 0.962 bits per heavy atom. The standard InChI is InChI=1S/C19H20N2O4S/c22-19(21-11-13-25-14-12-21)20-26(23,24)18(17-9-5-2-6-10-17)15-16-7-3-1-4-8-16/h1-10,15H,11-14H2,(H,20,22)/b18-15+. The quantitative estimate of drug-likeness (QED) is 0.837. The zero-order valence-electron chi connectivity index (χ0n) is 14.2. The Hall–Kier alpha value is -2.64. The number of amides is 2. The molecule has 0 aromatic heterocycles. The number of carbonyl (C=O) groups excluding carboxylic acids is 1. The van der Waals surface area contributed by atoms with E-state index in [2.05, 4.69) is 4.72 Å². The first kappa shape index (κ1) is 18.2. The summed E-state index contributed by atoms with van der Waals surface area (Å²) in [6, 6.07) is 17.2. The van der Waals surface area contributed by atoms with Crippen LogP contribution in [0.25, 0.3) is 11.0 Å². The Labute approximate surface area is 153 Å². The third-order valence-corrected chi connectivity index (χ3v) is 5.34. The van der Waals surface area contributed by atoms with Crippen LogP contribution in [0.4, 0.5) is 4.79 Å². The lowest BCUT2D eigenvalue weighted by molar-refractivity contribution is 0.0545. The minimum Gasteiger partial charge on any atom is -0.378 e. The van der Waals surface area contributed by atoms with E-state index < -0.39 is 16.1 Å². The first-order chi connectivity index (χ1) is 12.6. The fourth-order valence-electron chi connectivity index (χ4n) is 2.62. The molecule has 0 atom stereocenters. The molecule has 3 rings (SSSR count). The van der Waals surface area contributed by atoms with Crippen molar-refractivity contribution in [3.05, 3.63) is 71.8 Å². The summed E-state index contributed by atoms with van der Waals surface area (Å²) in [5.41, 5.74) is 1.24. The normalized spacial score (nSPS) is 15.5. The molecule has 0 saturated carbocycles. The van der Waals surface area contributed by atoms with E-state index in [-0.39, 0.29) is 4.91 Å². The molecule has 2 amide bonds. The molecule has 0 unspecified atom stereocenters. The summed E-state index contributed by atoms with van der Waals surface area (Å²) < 4.78 is 33.2. The molecule has 0 bridgehead atoms. The number of nitrogens with one attached hydrogen (secondary N) is 1. The fraction of sp³-hybridized carbons (Fsp3) is 0.211. The predicted molar refractivity (Wildman–Crippen MR) is 101 cm³/mol. The van der Waals surface area contributed by atoms with Crippen LogP contribution in [-0.4, -0.2) is 45.7 Å². The van der Waals surface area contributed by atoms with Crippen LogP contribution < -0.4 is 4.72 Å². The lowest BCUT2D eigenvalue weighted by Crippen LogP contribution is -2.47. The molecular weight excluding hydrogens is 352 g/mol. The summed E-state index contributed by atoms with van der Waals surface area (Å²) in [5.74, 6) is 0. The highest BCUT2D eigenvalue weighted by molar-refractivity contribution is 7.99. The molecule has 6 nitrogen and oxygen atoms in total. The van der Waals surface area contributed by atoms with E-state index in [1.165, 1.54) is 4.90 Å². The molecule has 7 heteroatoms. The molecule has 1 fully saturated rings. The average Bonchev–Trinajstić information content (AvgIpc) is 2.68. The van der Waals surface area contributed by atoms with Gasteiger partial charge in [-0.15, -0.1) is 0 Å². The molecule has 1 N–H and O–H groups in total. The van der Waals surface area contributed by atoms with Crippen molar-refractivity contribution in [2.75, 3.05) is 26.3 Å². The number of rotatable bonds is 4. The van der Waals surface area contributed by atoms with Gasteiger partial charge in [-0.2, -0.15) is 0 Å². The number of morpholine rings is 1. The molecular formula is C19H20N2O4S. The van der Waals surface area contributed by atoms with Crippen LogP contribution in [0.3, 0.4) is 0 Å². The van der Waals surface area contributed by atoms with E-state index in [9.17, 15) is 13.2 Å². The van der Waals surface area contributed by atoms with Crippen molar-refractivity contribution in [1.82, 2.24) is 9.62 Å². The molecule has 2 aromatic carbocycles. The van der Waals surface area contributed by atoms with Crippen molar-refractivity contribution < 1.29 is 17.9 Å². The monoisotopic (exact) mass is 372 g/mol. The maximum Gasteiger partial charge on any atom is 0.331 e. The molecule has 136 valence electrons. The van der Waals surface area contributed by atoms with Gasteiger partial charge in [0.05, 0.1) is 18.1 Å². The van der Waals surface area contributed by atoms with Gasteiger partial charge in [0.2, 0.25) is 0 Å². The maximum atomic E-state index is 12.9. The summed E-state index contributed by atoms with van der Waals surface area (Å²) in [6.07, 6.45) is 1.56. The van der Waals surface area contributed by atoms with E-state index >= 15 is 0 Å². The molecule has 1 heterocycles. The number of sulfonamides is 1. The second-order valence-electron chi connectivity index (χ2n) is 5.80. The average molecular weight is 372 g/mol. The number of hydrogen-bond acceptors (Lipinski definition) is 4. The van der Waals surface area contributed by atoms with Crippen molar-refractivity contribution in [2.24, 2.45) is 0 Å². The Morgan fingerprint density at radius 3 is 2.15 bits per heavy atom. The fourth-order valence-corrected chi connectivity index (χ4v) is 3.83. The molecule has 1 aliphatic rings. The van der Waals surface area contributed by atoms with Gasteiger partial charge in [0.25, 0.3) is 10.0 Å². The van der Waals surface area contributed by atoms with Crippen LogP contribution >= 0.6 is 0 Å². The first-order valence-electron chi connectivity index (χ1n) is 8.28. The molecule has 1 aliphatic heterocycles. The van der Waals surface area contributed by atoms with Gasteiger partial charge < -0.3 is 9.64 Å². The second kappa shape index (κ2) is 8.16. The number of hydrogen-bond donors (Lipinski definition) is 1. The van der Waals surface area contributed by atoms with Crippen LogP contribution in [0.1, 0.15) is 11.1 Å². The van der Waals surface area contributed by atoms with Gasteiger partial charge in [0.15, 0.2) is 0 Å². The number of benzene rings is 2. The van der Waals surface area contributed by atoms with E-state index in [4.69, 9.17) is 4.74 Å². The number of ether oxygens (including phenoxy) is 1. The lowest BCUT2D eigenvalue weighted by atomic mass is 10.1. The number of urea groups is 1. The van der Waals surface area contributed by atoms with Crippen LogP contribution in [0, 0.1) is 0 Å². The highest BCUT2D eigenvalue weighted by atomic mass is 32.2. The van der Waals surface area contributed by atoms with Gasteiger partial charge in [0.1, 0.15) is 0 Å². The molecule has 1 saturated heterocycles. The van der Waals surface area contributed by atoms with Gasteiger partial charge in [-0.1, -0.05) is 60.7 Å². The van der Waals surface area contributed by atoms with Crippen molar-refractivity contribution in [1.29, 1.82) is 0 Å². The van der Waals surface area contributed by atoms with Crippen LogP contribution in [0.2, 0.25) is 0 Å². The van der Waals surface area contributed by atoms with Crippen molar-refractivity contribution in [3.63, 3.8) is 0 Å². The first-order valence-corrected chi connectivity index (χ1v) is 9.76. The van der Waals surface area contributed by atoms with Crippen LogP contribution in [0.5, 0.6) is 0 Å². The maximum absolute atomic E-state index is 12.9. The number of nitrogens with zero attached hydrogens (tertiary/aromatic N) is 1. The third-order valence-electron chi connectivity index (χ3n) is 3.97. The highest BCUT2D eigenvalue weighted by Gasteiger charge is 2.26. The lowest BCUT2D eigenvalue weighted by Gasteiger charge is -2.27. The van der Waals surface area contributed by atoms with E-state index in [0.717, 1.165) is 5.56 Å². The molecule has 0 radical (unpaired) electrons. The van der Waals surface area contributed by atoms with E-state index in [1.54, 1.807) is 30.3 Å². The molecule has 26 heavy (non-hydrogen) atoms. The van der Waals surface area contributed by atoms with Crippen molar-refractivity contribution in [2.45, 2.75) is 0 Å². The van der Waals surface area contributed by atoms with Gasteiger partial charge in [-0.25, -0.2) is 17.9 Å². The minimum absolute atomic E-state index is 0.0471. The minimum atomic E-state index is -4.04. The molecule has 0 spiro atoms. The summed E-state index contributed by atoms with van der Waals surface area (Å²) in [6.45, 7) is 1.53. The van der Waals surface area contributed by atoms with Gasteiger partial charge in [0, 0.05) is 13.1 Å². The van der Waals surface area contributed by atoms with Crippen LogP contribution in [0.15, 0.2) is 60.7 Å². The van der Waals surface area contributed by atoms with Gasteiger partial charge >= 0.3 is 6.03 Å². The highest BCUT2D eigenvalue weighted by Crippen LogP contribution is 2.23. The zero-order valence-corrected chi connectivity index (χ0v) is 15.0. The molecule has 2 aromatic rings. The van der Waals surface area contributed by atoms with E-state index in [0.29, 0.717) is 31.9 Å².